The molecule has 0 radical (unpaired) electrons. The standard InChI is InChI=1S/C12H14N2O2/c15-11(14-10-6-7-10)8-13-12(16)9-4-2-1-3-5-9/h1-5,10H,6-8H2,(H,13,16)(H,14,15). The van der Waals surface area contributed by atoms with Crippen LogP contribution in [0.3, 0.4) is 0 Å². The molecule has 2 N–H and O–H groups in total. The van der Waals surface area contributed by atoms with Crippen LogP contribution in [0.1, 0.15) is 23.2 Å². The monoisotopic (exact) mass is 218 g/mol. The highest BCUT2D eigenvalue weighted by Crippen LogP contribution is 2.18. The van der Waals surface area contributed by atoms with E-state index in [9.17, 15) is 9.59 Å². The van der Waals surface area contributed by atoms with Crippen LogP contribution in [-0.2, 0) is 4.79 Å². The highest BCUT2D eigenvalue weighted by Gasteiger charge is 2.23. The van der Waals surface area contributed by atoms with Gasteiger partial charge in [-0.1, -0.05) is 18.2 Å². The second kappa shape index (κ2) is 4.79. The lowest BCUT2D eigenvalue weighted by Crippen LogP contribution is -2.37. The number of carbonyl (C=O) groups is 2. The molecular formula is C12H14N2O2. The molecule has 0 unspecified atom stereocenters. The molecule has 2 rings (SSSR count). The number of rotatable bonds is 4. The van der Waals surface area contributed by atoms with Gasteiger partial charge in [0.25, 0.3) is 5.91 Å². The van der Waals surface area contributed by atoms with Gasteiger partial charge in [0.2, 0.25) is 5.91 Å². The van der Waals surface area contributed by atoms with Crippen LogP contribution in [-0.4, -0.2) is 24.4 Å². The molecule has 16 heavy (non-hydrogen) atoms. The van der Waals surface area contributed by atoms with Crippen molar-refractivity contribution < 1.29 is 9.59 Å². The van der Waals surface area contributed by atoms with Crippen LogP contribution in [0.5, 0.6) is 0 Å². The summed E-state index contributed by atoms with van der Waals surface area (Å²) in [5, 5.41) is 5.39. The zero-order valence-electron chi connectivity index (χ0n) is 8.90. The van der Waals surface area contributed by atoms with E-state index in [2.05, 4.69) is 10.6 Å². The molecule has 1 fully saturated rings. The Kier molecular flexibility index (Phi) is 3.19. The van der Waals surface area contributed by atoms with E-state index < -0.39 is 0 Å². The summed E-state index contributed by atoms with van der Waals surface area (Å²) in [6, 6.07) is 9.19. The third kappa shape index (κ3) is 3.08. The van der Waals surface area contributed by atoms with Gasteiger partial charge >= 0.3 is 0 Å². The van der Waals surface area contributed by atoms with Crippen LogP contribution in [0.25, 0.3) is 0 Å². The summed E-state index contributed by atoms with van der Waals surface area (Å²) in [7, 11) is 0. The van der Waals surface area contributed by atoms with Crippen LogP contribution in [0, 0.1) is 0 Å². The van der Waals surface area contributed by atoms with Gasteiger partial charge in [-0.05, 0) is 25.0 Å². The zero-order valence-corrected chi connectivity index (χ0v) is 8.90. The van der Waals surface area contributed by atoms with E-state index in [-0.39, 0.29) is 18.4 Å². The molecule has 84 valence electrons. The molecule has 0 spiro atoms. The Morgan fingerprint density at radius 2 is 1.88 bits per heavy atom. The first-order chi connectivity index (χ1) is 7.75. The number of carbonyl (C=O) groups excluding carboxylic acids is 2. The van der Waals surface area contributed by atoms with Gasteiger partial charge in [0, 0.05) is 11.6 Å². The fourth-order valence-electron chi connectivity index (χ4n) is 1.36. The Morgan fingerprint density at radius 3 is 2.50 bits per heavy atom. The lowest BCUT2D eigenvalue weighted by Gasteiger charge is -2.05. The minimum Gasteiger partial charge on any atom is -0.352 e. The largest absolute Gasteiger partial charge is 0.352 e. The maximum absolute atomic E-state index is 11.6. The molecule has 1 aromatic carbocycles. The zero-order chi connectivity index (χ0) is 11.4. The fourth-order valence-corrected chi connectivity index (χ4v) is 1.36. The van der Waals surface area contributed by atoms with Gasteiger partial charge in [0.1, 0.15) is 0 Å². The van der Waals surface area contributed by atoms with Crippen LogP contribution < -0.4 is 10.6 Å². The van der Waals surface area contributed by atoms with Crippen molar-refractivity contribution in [2.75, 3.05) is 6.54 Å². The molecule has 0 saturated heterocycles. The van der Waals surface area contributed by atoms with Crippen molar-refractivity contribution in [2.45, 2.75) is 18.9 Å². The van der Waals surface area contributed by atoms with Crippen LogP contribution in [0.2, 0.25) is 0 Å². The summed E-state index contributed by atoms with van der Waals surface area (Å²) < 4.78 is 0. The van der Waals surface area contributed by atoms with Crippen molar-refractivity contribution in [3.63, 3.8) is 0 Å². The Hall–Kier alpha value is -1.84. The van der Waals surface area contributed by atoms with Crippen molar-refractivity contribution in [3.05, 3.63) is 35.9 Å². The van der Waals surface area contributed by atoms with Crippen molar-refractivity contribution in [2.24, 2.45) is 0 Å². The maximum atomic E-state index is 11.6. The molecular weight excluding hydrogens is 204 g/mol. The minimum atomic E-state index is -0.216. The molecule has 1 aliphatic carbocycles. The Morgan fingerprint density at radius 1 is 1.19 bits per heavy atom. The van der Waals surface area contributed by atoms with E-state index in [1.165, 1.54) is 0 Å². The average molecular weight is 218 g/mol. The molecule has 0 bridgehead atoms. The highest BCUT2D eigenvalue weighted by molar-refractivity contribution is 5.96. The maximum Gasteiger partial charge on any atom is 0.251 e. The third-order valence-corrected chi connectivity index (χ3v) is 2.39. The normalized spacial score (nSPS) is 14.2. The predicted octanol–water partition coefficient (Wildman–Crippen LogP) is 0.695. The second-order valence-corrected chi connectivity index (χ2v) is 3.89. The molecule has 4 nitrogen and oxygen atoms in total. The Labute approximate surface area is 94.0 Å². The molecule has 2 amide bonds. The molecule has 0 atom stereocenters. The Balaban J connectivity index is 1.77. The highest BCUT2D eigenvalue weighted by atomic mass is 16.2. The van der Waals surface area contributed by atoms with Gasteiger partial charge in [0.15, 0.2) is 0 Å². The number of hydrogen-bond acceptors (Lipinski definition) is 2. The molecule has 4 heteroatoms. The number of nitrogens with one attached hydrogen (secondary N) is 2. The van der Waals surface area contributed by atoms with Crippen molar-refractivity contribution in [3.8, 4) is 0 Å². The fraction of sp³-hybridized carbons (Fsp3) is 0.333. The van der Waals surface area contributed by atoms with E-state index >= 15 is 0 Å². The first-order valence-electron chi connectivity index (χ1n) is 5.38. The van der Waals surface area contributed by atoms with Crippen molar-refractivity contribution >= 4 is 11.8 Å². The van der Waals surface area contributed by atoms with E-state index in [1.807, 2.05) is 6.07 Å². The summed E-state index contributed by atoms with van der Waals surface area (Å²) in [5.74, 6) is -0.335. The number of hydrogen-bond donors (Lipinski definition) is 2. The first kappa shape index (κ1) is 10.7. The first-order valence-corrected chi connectivity index (χ1v) is 5.38. The van der Waals surface area contributed by atoms with E-state index in [4.69, 9.17) is 0 Å². The van der Waals surface area contributed by atoms with E-state index in [0.29, 0.717) is 11.6 Å². The quantitative estimate of drug-likeness (QED) is 0.781. The van der Waals surface area contributed by atoms with Crippen LogP contribution in [0.4, 0.5) is 0 Å². The van der Waals surface area contributed by atoms with E-state index in [0.717, 1.165) is 12.8 Å². The summed E-state index contributed by atoms with van der Waals surface area (Å²) in [6.45, 7) is 0.0459. The summed E-state index contributed by atoms with van der Waals surface area (Å²) in [4.78, 5) is 22.9. The minimum absolute atomic E-state index is 0.0459. The van der Waals surface area contributed by atoms with Gasteiger partial charge in [0.05, 0.1) is 6.54 Å². The number of benzene rings is 1. The molecule has 0 heterocycles. The van der Waals surface area contributed by atoms with Gasteiger partial charge in [-0.25, -0.2) is 0 Å². The molecule has 1 saturated carbocycles. The SMILES string of the molecule is O=C(CNC(=O)c1ccccc1)NC1CC1. The van der Waals surface area contributed by atoms with Gasteiger partial charge in [-0.2, -0.15) is 0 Å². The van der Waals surface area contributed by atoms with Crippen molar-refractivity contribution in [1.29, 1.82) is 0 Å². The predicted molar refractivity (Wildman–Crippen MR) is 59.9 cm³/mol. The van der Waals surface area contributed by atoms with Gasteiger partial charge < -0.3 is 10.6 Å². The molecule has 0 aromatic heterocycles. The van der Waals surface area contributed by atoms with Gasteiger partial charge in [-0.15, -0.1) is 0 Å². The summed E-state index contributed by atoms with van der Waals surface area (Å²) in [6.07, 6.45) is 2.11. The molecule has 0 aliphatic heterocycles. The van der Waals surface area contributed by atoms with Crippen molar-refractivity contribution in [1.82, 2.24) is 10.6 Å². The molecule has 1 aromatic rings. The van der Waals surface area contributed by atoms with Gasteiger partial charge in [-0.3, -0.25) is 9.59 Å². The van der Waals surface area contributed by atoms with Crippen LogP contribution in [0.15, 0.2) is 30.3 Å². The average Bonchev–Trinajstić information content (AvgIpc) is 3.11. The van der Waals surface area contributed by atoms with Crippen LogP contribution >= 0.6 is 0 Å². The Bertz CT molecular complexity index is 385. The summed E-state index contributed by atoms with van der Waals surface area (Å²) >= 11 is 0. The lowest BCUT2D eigenvalue weighted by atomic mass is 10.2. The smallest absolute Gasteiger partial charge is 0.251 e. The topological polar surface area (TPSA) is 58.2 Å². The van der Waals surface area contributed by atoms with E-state index in [1.54, 1.807) is 24.3 Å². The molecule has 1 aliphatic rings. The second-order valence-electron chi connectivity index (χ2n) is 3.89. The summed E-state index contributed by atoms with van der Waals surface area (Å²) in [5.41, 5.74) is 0.571. The lowest BCUT2D eigenvalue weighted by molar-refractivity contribution is -0.120. The number of amides is 2. The third-order valence-electron chi connectivity index (χ3n) is 2.39.